The van der Waals surface area contributed by atoms with Crippen LogP contribution in [-0.4, -0.2) is 246 Å². The van der Waals surface area contributed by atoms with Gasteiger partial charge in [0.25, 0.3) is 0 Å². The molecule has 522 valence electrons. The van der Waals surface area contributed by atoms with E-state index in [9.17, 15) is 80.5 Å². The van der Waals surface area contributed by atoms with Gasteiger partial charge >= 0.3 is 23.9 Å². The van der Waals surface area contributed by atoms with E-state index in [1.54, 1.807) is 46.8 Å². The minimum absolute atomic E-state index is 0.0502. The fourth-order valence-electron chi connectivity index (χ4n) is 18.0. The predicted octanol–water partition coefficient (Wildman–Crippen LogP) is 0.715. The molecule has 0 bridgehead atoms. The van der Waals surface area contributed by atoms with Crippen molar-refractivity contribution in [2.24, 2.45) is 50.2 Å². The molecule has 12 N–H and O–H groups in total. The number of carboxylic acids is 1. The Hall–Kier alpha value is -3.66. The highest BCUT2D eigenvalue weighted by Crippen LogP contribution is 2.76. The van der Waals surface area contributed by atoms with Crippen LogP contribution in [0.15, 0.2) is 34.9 Å². The highest BCUT2D eigenvalue weighted by Gasteiger charge is 2.74. The Morgan fingerprint density at radius 3 is 1.72 bits per heavy atom. The lowest BCUT2D eigenvalue weighted by atomic mass is 9.33. The molecule has 92 heavy (non-hydrogen) atoms. The minimum atomic E-state index is -2.13. The van der Waals surface area contributed by atoms with Crippen molar-refractivity contribution < 1.29 is 133 Å². The summed E-state index contributed by atoms with van der Waals surface area (Å²) in [6, 6.07) is 0. The van der Waals surface area contributed by atoms with Gasteiger partial charge in [-0.05, 0) is 124 Å². The van der Waals surface area contributed by atoms with Crippen molar-refractivity contribution >= 4 is 23.9 Å². The molecule has 0 spiro atoms. The SMILES string of the molecule is C/C=C(/C)C(=O)O[C@@H]1[C@@H](OC(C)=O)[C@@H](O)[C@H](O[C@H]2[C@H](OC(=O)/C(C)=C\C)[C@@]3(CO)C(CC2(C)C)C2=CCC4[C@@]5(C)CC[C@H](O[C@@H]6O[C@H](C(=O)O)[C@@H](O)[C@H](O[C@@H]7O[C@@H](CO)[C@H](O)[C@H]7O)[C@H]6O[C@@H]6O[C@H](CO)[C@H](O)[C@H](O)[C@H]6O)C(C)(C)C5CC[C@@]4(C)[C@]2(C)C[C@H]3O)O[C@H]1C. The summed E-state index contributed by atoms with van der Waals surface area (Å²) in [7, 11) is 0. The van der Waals surface area contributed by atoms with Crippen molar-refractivity contribution in [1.29, 1.82) is 0 Å². The lowest BCUT2D eigenvalue weighted by molar-refractivity contribution is -0.386. The molecule has 4 heterocycles. The normalized spacial score (nSPS) is 48.4. The highest BCUT2D eigenvalue weighted by atomic mass is 16.8. The van der Waals surface area contributed by atoms with Crippen molar-refractivity contribution in [3.63, 3.8) is 0 Å². The van der Waals surface area contributed by atoms with Crippen LogP contribution in [0.2, 0.25) is 0 Å². The molecule has 0 amide bonds. The van der Waals surface area contributed by atoms with E-state index < -0.39 is 223 Å². The Kier molecular flexibility index (Phi) is 21.3. The summed E-state index contributed by atoms with van der Waals surface area (Å²) >= 11 is 0. The van der Waals surface area contributed by atoms with Crippen LogP contribution in [0.5, 0.6) is 0 Å². The van der Waals surface area contributed by atoms with E-state index in [0.29, 0.717) is 32.1 Å². The summed E-state index contributed by atoms with van der Waals surface area (Å²) in [4.78, 5) is 52.9. The predicted molar refractivity (Wildman–Crippen MR) is 316 cm³/mol. The smallest absolute Gasteiger partial charge is 0.335 e. The second-order valence-electron chi connectivity index (χ2n) is 29.3. The molecule has 4 saturated carbocycles. The number of rotatable bonds is 17. The van der Waals surface area contributed by atoms with Crippen LogP contribution in [0, 0.1) is 50.2 Å². The van der Waals surface area contributed by atoms with Gasteiger partial charge in [0, 0.05) is 18.1 Å². The van der Waals surface area contributed by atoms with Gasteiger partial charge in [-0.3, -0.25) is 4.79 Å². The largest absolute Gasteiger partial charge is 0.479 e. The monoisotopic (exact) mass is 1310 g/mol. The van der Waals surface area contributed by atoms with E-state index in [1.165, 1.54) is 0 Å². The van der Waals surface area contributed by atoms with Crippen molar-refractivity contribution in [3.8, 4) is 0 Å². The zero-order valence-electron chi connectivity index (χ0n) is 54.8. The summed E-state index contributed by atoms with van der Waals surface area (Å²) in [6.07, 6.45) is -28.8. The van der Waals surface area contributed by atoms with Crippen molar-refractivity contribution in [2.45, 2.75) is 276 Å². The van der Waals surface area contributed by atoms with Gasteiger partial charge in [-0.2, -0.15) is 0 Å². The summed E-state index contributed by atoms with van der Waals surface area (Å²) < 4.78 is 67.8. The molecule has 5 aliphatic carbocycles. The number of carboxylic acid groups (broad SMARTS) is 1. The molecule has 8 fully saturated rings. The molecule has 9 rings (SSSR count). The zero-order chi connectivity index (χ0) is 68.0. The minimum Gasteiger partial charge on any atom is -0.479 e. The number of aliphatic hydroxyl groups excluding tert-OH is 11. The van der Waals surface area contributed by atoms with E-state index in [1.807, 2.05) is 27.7 Å². The van der Waals surface area contributed by atoms with Crippen LogP contribution in [-0.2, 0) is 71.3 Å². The molecule has 30 atom stereocenters. The third kappa shape index (κ3) is 12.2. The Morgan fingerprint density at radius 1 is 0.587 bits per heavy atom. The number of hydrogen-bond acceptors (Lipinski definition) is 26. The molecule has 27 nitrogen and oxygen atoms in total. The first-order chi connectivity index (χ1) is 43.0. The maximum atomic E-state index is 14.3. The van der Waals surface area contributed by atoms with Gasteiger partial charge in [0.15, 0.2) is 43.5 Å². The Balaban J connectivity index is 1.03. The number of aliphatic hydroxyl groups is 11. The second-order valence-corrected chi connectivity index (χ2v) is 29.3. The fraction of sp³-hybridized carbons (Fsp3) is 0.846. The van der Waals surface area contributed by atoms with E-state index in [4.69, 9.17) is 52.1 Å². The molecule has 0 radical (unpaired) electrons. The molecule has 0 aromatic heterocycles. The lowest BCUT2D eigenvalue weighted by Gasteiger charge is -2.72. The first-order valence-electron chi connectivity index (χ1n) is 32.3. The summed E-state index contributed by atoms with van der Waals surface area (Å²) in [5.74, 6) is -4.67. The molecule has 0 aromatic carbocycles. The third-order valence-electron chi connectivity index (χ3n) is 23.6. The van der Waals surface area contributed by atoms with Gasteiger partial charge in [-0.15, -0.1) is 0 Å². The number of hydrogen-bond donors (Lipinski definition) is 12. The number of fused-ring (bicyclic) bond motifs is 7. The molecular formula is C65H100O27. The Morgan fingerprint density at radius 2 is 1.15 bits per heavy atom. The molecule has 4 aliphatic heterocycles. The average Bonchev–Trinajstić information content (AvgIpc) is 0.719. The van der Waals surface area contributed by atoms with Crippen LogP contribution in [0.3, 0.4) is 0 Å². The lowest BCUT2D eigenvalue weighted by Crippen LogP contribution is -2.73. The number of aliphatic carboxylic acids is 1. The number of carbonyl (C=O) groups is 4. The van der Waals surface area contributed by atoms with Gasteiger partial charge in [-0.25, -0.2) is 14.4 Å². The maximum Gasteiger partial charge on any atom is 0.335 e. The molecular weight excluding hydrogens is 1210 g/mol. The Labute approximate surface area is 535 Å². The number of esters is 3. The third-order valence-corrected chi connectivity index (χ3v) is 23.6. The van der Waals surface area contributed by atoms with Crippen LogP contribution in [0.25, 0.3) is 0 Å². The Bertz CT molecular complexity index is 2790. The molecule has 27 heteroatoms. The van der Waals surface area contributed by atoms with Gasteiger partial charge in [0.1, 0.15) is 79.4 Å². The van der Waals surface area contributed by atoms with Gasteiger partial charge in [0.2, 0.25) is 0 Å². The van der Waals surface area contributed by atoms with Crippen molar-refractivity contribution in [2.75, 3.05) is 19.8 Å². The average molecular weight is 1310 g/mol. The first-order valence-corrected chi connectivity index (χ1v) is 32.3. The van der Waals surface area contributed by atoms with E-state index in [2.05, 4.69) is 26.8 Å². The van der Waals surface area contributed by atoms with Crippen LogP contribution in [0.4, 0.5) is 0 Å². The quantitative estimate of drug-likeness (QED) is 0.0314. The topological polar surface area (TPSA) is 413 Å². The number of allylic oxidation sites excluding steroid dienone is 4. The van der Waals surface area contributed by atoms with E-state index >= 15 is 0 Å². The summed E-state index contributed by atoms with van der Waals surface area (Å²) in [5.41, 5.74) is -3.60. The van der Waals surface area contributed by atoms with E-state index in [0.717, 1.165) is 12.5 Å². The van der Waals surface area contributed by atoms with Gasteiger partial charge in [0.05, 0.1) is 43.5 Å². The van der Waals surface area contributed by atoms with Crippen LogP contribution in [0.1, 0.15) is 135 Å². The number of carbonyl (C=O) groups excluding carboxylic acids is 3. The molecule has 4 saturated heterocycles. The van der Waals surface area contributed by atoms with Crippen LogP contribution >= 0.6 is 0 Å². The van der Waals surface area contributed by atoms with Crippen molar-refractivity contribution in [1.82, 2.24) is 0 Å². The molecule has 3 unspecified atom stereocenters. The zero-order valence-corrected chi connectivity index (χ0v) is 54.8. The fourth-order valence-corrected chi connectivity index (χ4v) is 18.0. The maximum absolute atomic E-state index is 14.3. The van der Waals surface area contributed by atoms with Crippen molar-refractivity contribution in [3.05, 3.63) is 34.9 Å². The van der Waals surface area contributed by atoms with E-state index in [-0.39, 0.29) is 35.8 Å². The first kappa shape index (κ1) is 72.6. The summed E-state index contributed by atoms with van der Waals surface area (Å²) in [5, 5.41) is 134. The second kappa shape index (κ2) is 27.0. The number of ether oxygens (including phenoxy) is 11. The van der Waals surface area contributed by atoms with Gasteiger partial charge < -0.3 is 113 Å². The molecule has 9 aliphatic rings. The van der Waals surface area contributed by atoms with Gasteiger partial charge in [-0.1, -0.05) is 72.3 Å². The summed E-state index contributed by atoms with van der Waals surface area (Å²) in [6.45, 7) is 21.5. The van der Waals surface area contributed by atoms with Crippen LogP contribution < -0.4 is 0 Å². The molecule has 0 aromatic rings. The standard InChI is InChI=1S/C65H100O27/c1-14-27(3)54(80)87-46-29(5)82-58(45(77)48(46)83-30(6)69)92-51-52(91-55(81)28(4)15-2)65(26-68)32(22-60(51,7)8)31-16-17-36-62(11)20-19-38(61(9,10)35(62)18-21-63(36,12)64(31,13)23-37(65)70)86-59-50(90-57-43(75)41(73)39(71)33(24-66)84-57)47(44(76)49(89-59)53(78)79)88-56-42(74)40(72)34(25-67)85-56/h14-16,29,32-52,56-59,66-68,70-77H,17-26H2,1-13H3,(H,78,79)/b27-14-,28-15-/t29-,32?,33+,34-,35?,36?,37+,38-,39-,40-,41-,42+,43+,44-,45+,46-,47-,48-,49-,50+,51-,52-,56-,57-,58-,59+,62-,63+,64+,65-/m0/s1. The highest BCUT2D eigenvalue weighted by molar-refractivity contribution is 5.88.